The zero-order valence-electron chi connectivity index (χ0n) is 10.1. The van der Waals surface area contributed by atoms with Crippen LogP contribution in [0.4, 0.5) is 0 Å². The van der Waals surface area contributed by atoms with Crippen LogP contribution in [0.25, 0.3) is 0 Å². The van der Waals surface area contributed by atoms with Crippen molar-refractivity contribution in [3.63, 3.8) is 0 Å². The highest BCUT2D eigenvalue weighted by atomic mass is 79.9. The molecule has 3 nitrogen and oxygen atoms in total. The number of hydrogen-bond acceptors (Lipinski definition) is 2. The molecule has 1 amide bonds. The second kappa shape index (κ2) is 5.02. The van der Waals surface area contributed by atoms with E-state index in [9.17, 15) is 4.79 Å². The van der Waals surface area contributed by atoms with Crippen molar-refractivity contribution in [2.45, 2.75) is 42.8 Å². The maximum atomic E-state index is 12.1. The van der Waals surface area contributed by atoms with Crippen LogP contribution in [0.1, 0.15) is 35.2 Å². The Hall–Kier alpha value is -0.870. The van der Waals surface area contributed by atoms with Crippen LogP contribution >= 0.6 is 15.9 Å². The van der Waals surface area contributed by atoms with E-state index in [1.807, 2.05) is 24.3 Å². The van der Waals surface area contributed by atoms with Crippen LogP contribution < -0.4 is 5.32 Å². The molecule has 0 saturated carbocycles. The van der Waals surface area contributed by atoms with Crippen molar-refractivity contribution in [2.24, 2.45) is 0 Å². The predicted molar refractivity (Wildman–Crippen MR) is 72.8 cm³/mol. The Labute approximate surface area is 115 Å². The Balaban J connectivity index is 1.64. The van der Waals surface area contributed by atoms with E-state index in [0.29, 0.717) is 6.10 Å². The first-order chi connectivity index (χ1) is 8.76. The summed E-state index contributed by atoms with van der Waals surface area (Å²) in [5, 5.41) is 3.90. The van der Waals surface area contributed by atoms with Gasteiger partial charge in [-0.2, -0.15) is 0 Å². The zero-order chi connectivity index (χ0) is 12.5. The van der Waals surface area contributed by atoms with E-state index >= 15 is 0 Å². The van der Waals surface area contributed by atoms with Crippen molar-refractivity contribution in [1.82, 2.24) is 5.32 Å². The van der Waals surface area contributed by atoms with Crippen LogP contribution in [0.15, 0.2) is 24.3 Å². The Morgan fingerprint density at radius 1 is 1.33 bits per heavy atom. The minimum absolute atomic E-state index is 0.0114. The summed E-state index contributed by atoms with van der Waals surface area (Å²) in [5.41, 5.74) is 1.90. The molecule has 2 heterocycles. The Morgan fingerprint density at radius 3 is 2.67 bits per heavy atom. The van der Waals surface area contributed by atoms with Gasteiger partial charge in [-0.1, -0.05) is 28.1 Å². The Morgan fingerprint density at radius 2 is 2.11 bits per heavy atom. The number of ether oxygens (including phenoxy) is 1. The number of alkyl halides is 1. The van der Waals surface area contributed by atoms with Crippen molar-refractivity contribution in [2.75, 3.05) is 0 Å². The number of nitrogens with one attached hydrogen (secondary N) is 1. The molecule has 0 radical (unpaired) electrons. The highest BCUT2D eigenvalue weighted by Gasteiger charge is 2.41. The van der Waals surface area contributed by atoms with Crippen LogP contribution in [-0.2, 0) is 10.1 Å². The highest BCUT2D eigenvalue weighted by molar-refractivity contribution is 9.08. The van der Waals surface area contributed by atoms with E-state index in [-0.39, 0.29) is 18.1 Å². The fourth-order valence-electron chi connectivity index (χ4n) is 2.79. The van der Waals surface area contributed by atoms with Crippen molar-refractivity contribution in [3.8, 4) is 0 Å². The molecule has 1 aromatic rings. The fourth-order valence-corrected chi connectivity index (χ4v) is 3.16. The van der Waals surface area contributed by atoms with Crippen LogP contribution in [0.3, 0.4) is 0 Å². The number of amides is 1. The molecule has 2 saturated heterocycles. The lowest BCUT2D eigenvalue weighted by atomic mass is 9.95. The lowest BCUT2D eigenvalue weighted by Crippen LogP contribution is -2.41. The Bertz CT molecular complexity index is 446. The third-order valence-electron chi connectivity index (χ3n) is 3.79. The van der Waals surface area contributed by atoms with E-state index in [4.69, 9.17) is 4.74 Å². The maximum Gasteiger partial charge on any atom is 0.251 e. The molecule has 18 heavy (non-hydrogen) atoms. The minimum Gasteiger partial charge on any atom is -0.373 e. The third-order valence-corrected chi connectivity index (χ3v) is 4.44. The van der Waals surface area contributed by atoms with Crippen LogP contribution in [0, 0.1) is 0 Å². The first-order valence-corrected chi connectivity index (χ1v) is 7.49. The molecule has 1 N–H and O–H groups in total. The topological polar surface area (TPSA) is 38.3 Å². The third kappa shape index (κ3) is 2.31. The van der Waals surface area contributed by atoms with E-state index in [1.54, 1.807) is 0 Å². The monoisotopic (exact) mass is 309 g/mol. The van der Waals surface area contributed by atoms with Gasteiger partial charge in [0.1, 0.15) is 0 Å². The van der Waals surface area contributed by atoms with Gasteiger partial charge in [-0.15, -0.1) is 0 Å². The van der Waals surface area contributed by atoms with Crippen molar-refractivity contribution in [1.29, 1.82) is 0 Å². The molecule has 0 aliphatic carbocycles. The summed E-state index contributed by atoms with van der Waals surface area (Å²) in [4.78, 5) is 12.1. The van der Waals surface area contributed by atoms with Crippen molar-refractivity contribution in [3.05, 3.63) is 35.4 Å². The van der Waals surface area contributed by atoms with Gasteiger partial charge < -0.3 is 10.1 Å². The number of hydrogen-bond donors (Lipinski definition) is 1. The van der Waals surface area contributed by atoms with Crippen LogP contribution in [0.5, 0.6) is 0 Å². The van der Waals surface area contributed by atoms with Gasteiger partial charge in [0.05, 0.1) is 18.2 Å². The molecule has 2 fully saturated rings. The number of benzene rings is 1. The van der Waals surface area contributed by atoms with Crippen molar-refractivity contribution < 1.29 is 9.53 Å². The van der Waals surface area contributed by atoms with Crippen LogP contribution in [0.2, 0.25) is 0 Å². The highest BCUT2D eigenvalue weighted by Crippen LogP contribution is 2.34. The number of carbonyl (C=O) groups excluding carboxylic acids is 1. The van der Waals surface area contributed by atoms with Gasteiger partial charge in [0.2, 0.25) is 0 Å². The molecule has 0 spiro atoms. The molecular weight excluding hydrogens is 294 g/mol. The number of rotatable bonds is 3. The molecule has 2 aliphatic heterocycles. The molecule has 1 aromatic carbocycles. The summed E-state index contributed by atoms with van der Waals surface area (Å²) in [6.07, 6.45) is 3.81. The van der Waals surface area contributed by atoms with Gasteiger partial charge in [-0.25, -0.2) is 0 Å². The first kappa shape index (κ1) is 12.2. The summed E-state index contributed by atoms with van der Waals surface area (Å²) in [5.74, 6) is 0.0114. The molecule has 2 bridgehead atoms. The number of fused-ring (bicyclic) bond motifs is 2. The number of halogens is 1. The fraction of sp³-hybridized carbons (Fsp3) is 0.500. The quantitative estimate of drug-likeness (QED) is 0.872. The molecule has 0 aromatic heterocycles. The lowest BCUT2D eigenvalue weighted by molar-refractivity contribution is 0.0841. The molecule has 3 atom stereocenters. The lowest BCUT2D eigenvalue weighted by Gasteiger charge is -2.20. The van der Waals surface area contributed by atoms with Gasteiger partial charge in [0.25, 0.3) is 5.91 Å². The molecule has 2 aliphatic rings. The van der Waals surface area contributed by atoms with E-state index in [0.717, 1.165) is 30.2 Å². The molecular formula is C14H16BrNO2. The average Bonchev–Trinajstić information content (AvgIpc) is 3.01. The van der Waals surface area contributed by atoms with E-state index < -0.39 is 0 Å². The summed E-state index contributed by atoms with van der Waals surface area (Å²) >= 11 is 3.39. The average molecular weight is 310 g/mol. The zero-order valence-corrected chi connectivity index (χ0v) is 11.7. The molecule has 3 unspecified atom stereocenters. The second-order valence-corrected chi connectivity index (χ2v) is 5.58. The van der Waals surface area contributed by atoms with Gasteiger partial charge in [0, 0.05) is 10.9 Å². The van der Waals surface area contributed by atoms with Gasteiger partial charge in [-0.05, 0) is 37.0 Å². The van der Waals surface area contributed by atoms with E-state index in [2.05, 4.69) is 21.2 Å². The minimum atomic E-state index is 0.0114. The van der Waals surface area contributed by atoms with Gasteiger partial charge in [0.15, 0.2) is 0 Å². The van der Waals surface area contributed by atoms with Crippen molar-refractivity contribution >= 4 is 21.8 Å². The molecule has 3 rings (SSSR count). The standard InChI is InChI=1S/C14H16BrNO2/c15-8-9-1-3-10(4-2-9)14(17)16-12-7-11-5-6-13(12)18-11/h1-4,11-13H,5-8H2,(H,16,17). The summed E-state index contributed by atoms with van der Waals surface area (Å²) in [6.45, 7) is 0. The second-order valence-electron chi connectivity index (χ2n) is 5.02. The molecule has 96 valence electrons. The first-order valence-electron chi connectivity index (χ1n) is 6.37. The maximum absolute atomic E-state index is 12.1. The summed E-state index contributed by atoms with van der Waals surface area (Å²) < 4.78 is 5.74. The normalized spacial score (nSPS) is 29.5. The van der Waals surface area contributed by atoms with Crippen LogP contribution in [-0.4, -0.2) is 24.2 Å². The van der Waals surface area contributed by atoms with E-state index in [1.165, 1.54) is 5.56 Å². The summed E-state index contributed by atoms with van der Waals surface area (Å²) in [6, 6.07) is 7.90. The van der Waals surface area contributed by atoms with Gasteiger partial charge in [-0.3, -0.25) is 4.79 Å². The summed E-state index contributed by atoms with van der Waals surface area (Å²) in [7, 11) is 0. The number of carbonyl (C=O) groups is 1. The van der Waals surface area contributed by atoms with Gasteiger partial charge >= 0.3 is 0 Å². The largest absolute Gasteiger partial charge is 0.373 e. The molecule has 4 heteroatoms. The Kier molecular flexibility index (Phi) is 3.39. The predicted octanol–water partition coefficient (Wildman–Crippen LogP) is 2.63. The smallest absolute Gasteiger partial charge is 0.251 e. The SMILES string of the molecule is O=C(NC1CC2CCC1O2)c1ccc(CBr)cc1.